The van der Waals surface area contributed by atoms with Gasteiger partial charge in [-0.2, -0.15) is 0 Å². The molecule has 4 N–H and O–H groups in total. The van der Waals surface area contributed by atoms with Crippen LogP contribution in [0.3, 0.4) is 0 Å². The minimum Gasteiger partial charge on any atom is -0.354 e. The van der Waals surface area contributed by atoms with Gasteiger partial charge in [0.2, 0.25) is 11.8 Å². The fraction of sp³-hybridized carbons (Fsp3) is 0.857. The number of carbonyl (C=O) groups is 2. The normalized spacial score (nSPS) is 16.8. The lowest BCUT2D eigenvalue weighted by Crippen LogP contribution is -2.38. The van der Waals surface area contributed by atoms with Gasteiger partial charge in [0.05, 0.1) is 0 Å². The number of nitrogens with one attached hydrogen (secondary N) is 2. The molecule has 5 heteroatoms. The summed E-state index contributed by atoms with van der Waals surface area (Å²) in [5.74, 6) is 0.284. The van der Waals surface area contributed by atoms with Gasteiger partial charge in [0, 0.05) is 31.5 Å². The molecule has 1 rings (SSSR count). The van der Waals surface area contributed by atoms with Crippen molar-refractivity contribution in [1.82, 2.24) is 10.6 Å². The molecule has 1 saturated carbocycles. The summed E-state index contributed by atoms with van der Waals surface area (Å²) in [6.45, 7) is 7.30. The molecule has 0 aliphatic heterocycles. The van der Waals surface area contributed by atoms with Crippen LogP contribution < -0.4 is 16.4 Å². The van der Waals surface area contributed by atoms with Crippen LogP contribution in [0.25, 0.3) is 0 Å². The van der Waals surface area contributed by atoms with Crippen molar-refractivity contribution in [1.29, 1.82) is 0 Å². The van der Waals surface area contributed by atoms with Crippen LogP contribution in [0.15, 0.2) is 0 Å². The summed E-state index contributed by atoms with van der Waals surface area (Å²) in [7, 11) is 0. The van der Waals surface area contributed by atoms with Crippen LogP contribution in [-0.2, 0) is 9.59 Å². The van der Waals surface area contributed by atoms with Gasteiger partial charge >= 0.3 is 0 Å². The molecule has 110 valence electrons. The Morgan fingerprint density at radius 3 is 2.32 bits per heavy atom. The van der Waals surface area contributed by atoms with Gasteiger partial charge in [0.15, 0.2) is 0 Å². The van der Waals surface area contributed by atoms with Crippen LogP contribution in [0.4, 0.5) is 0 Å². The Bertz CT molecular complexity index is 319. The third-order valence-electron chi connectivity index (χ3n) is 3.02. The molecule has 0 radical (unpaired) electrons. The van der Waals surface area contributed by atoms with Gasteiger partial charge < -0.3 is 16.4 Å². The zero-order valence-electron chi connectivity index (χ0n) is 12.3. The fourth-order valence-corrected chi connectivity index (χ4v) is 2.05. The van der Waals surface area contributed by atoms with Gasteiger partial charge in [-0.3, -0.25) is 9.59 Å². The Morgan fingerprint density at radius 1 is 1.21 bits per heavy atom. The topological polar surface area (TPSA) is 84.2 Å². The lowest BCUT2D eigenvalue weighted by Gasteiger charge is -2.22. The van der Waals surface area contributed by atoms with Crippen LogP contribution in [0, 0.1) is 11.3 Å². The van der Waals surface area contributed by atoms with E-state index >= 15 is 0 Å². The highest BCUT2D eigenvalue weighted by Gasteiger charge is 2.29. The lowest BCUT2D eigenvalue weighted by atomic mass is 9.87. The van der Waals surface area contributed by atoms with Gasteiger partial charge in [-0.25, -0.2) is 0 Å². The van der Waals surface area contributed by atoms with E-state index in [9.17, 15) is 9.59 Å². The number of hydrogen-bond acceptors (Lipinski definition) is 3. The number of rotatable bonds is 7. The number of nitrogens with two attached hydrogens (primary N) is 1. The molecule has 0 aromatic carbocycles. The van der Waals surface area contributed by atoms with Crippen molar-refractivity contribution < 1.29 is 9.59 Å². The number of hydrogen-bond donors (Lipinski definition) is 3. The highest BCUT2D eigenvalue weighted by Crippen LogP contribution is 2.28. The first-order valence-corrected chi connectivity index (χ1v) is 7.08. The zero-order chi connectivity index (χ0) is 14.5. The first kappa shape index (κ1) is 16.0. The Kier molecular flexibility index (Phi) is 5.79. The van der Waals surface area contributed by atoms with E-state index in [0.29, 0.717) is 19.5 Å². The largest absolute Gasteiger partial charge is 0.354 e. The van der Waals surface area contributed by atoms with Crippen LogP contribution in [-0.4, -0.2) is 30.9 Å². The fourth-order valence-electron chi connectivity index (χ4n) is 2.05. The van der Waals surface area contributed by atoms with E-state index in [1.54, 1.807) is 0 Å². The average Bonchev–Trinajstić information content (AvgIpc) is 3.04. The number of carbonyl (C=O) groups excluding carboxylic acids is 2. The average molecular weight is 269 g/mol. The van der Waals surface area contributed by atoms with E-state index in [2.05, 4.69) is 31.4 Å². The first-order chi connectivity index (χ1) is 8.78. The van der Waals surface area contributed by atoms with E-state index in [4.69, 9.17) is 5.73 Å². The van der Waals surface area contributed by atoms with E-state index in [1.165, 1.54) is 0 Å². The first-order valence-electron chi connectivity index (χ1n) is 7.08. The van der Waals surface area contributed by atoms with Crippen molar-refractivity contribution in [2.75, 3.05) is 13.1 Å². The lowest BCUT2D eigenvalue weighted by molar-refractivity contribution is -0.123. The standard InChI is InChI=1S/C14H27N3O2/c1-14(2,3)9-11(15)8-12(18)16-6-7-17-13(19)10-4-5-10/h10-11H,4-9,15H2,1-3H3,(H,16,18)(H,17,19). The molecule has 5 nitrogen and oxygen atoms in total. The Labute approximate surface area is 115 Å². The maximum absolute atomic E-state index is 11.6. The van der Waals surface area contributed by atoms with Crippen molar-refractivity contribution >= 4 is 11.8 Å². The summed E-state index contributed by atoms with van der Waals surface area (Å²) in [5.41, 5.74) is 6.07. The summed E-state index contributed by atoms with van der Waals surface area (Å²) in [5, 5.41) is 5.59. The minimum atomic E-state index is -0.110. The predicted molar refractivity (Wildman–Crippen MR) is 75.4 cm³/mol. The van der Waals surface area contributed by atoms with Gasteiger partial charge in [0.25, 0.3) is 0 Å². The van der Waals surface area contributed by atoms with E-state index < -0.39 is 0 Å². The van der Waals surface area contributed by atoms with Crippen LogP contribution in [0.5, 0.6) is 0 Å². The van der Waals surface area contributed by atoms with Gasteiger partial charge in [-0.05, 0) is 24.7 Å². The molecule has 0 saturated heterocycles. The maximum atomic E-state index is 11.6. The van der Waals surface area contributed by atoms with Crippen molar-refractivity contribution in [2.24, 2.45) is 17.1 Å². The molecule has 0 heterocycles. The third kappa shape index (κ3) is 7.82. The molecule has 0 bridgehead atoms. The molecule has 1 unspecified atom stereocenters. The molecule has 0 aromatic heterocycles. The highest BCUT2D eigenvalue weighted by atomic mass is 16.2. The Morgan fingerprint density at radius 2 is 1.79 bits per heavy atom. The predicted octanol–water partition coefficient (Wildman–Crippen LogP) is 0.782. The second-order valence-corrected chi connectivity index (χ2v) is 6.64. The van der Waals surface area contributed by atoms with Crippen molar-refractivity contribution in [3.63, 3.8) is 0 Å². The van der Waals surface area contributed by atoms with Crippen molar-refractivity contribution in [3.05, 3.63) is 0 Å². The second kappa shape index (κ2) is 6.89. The molecule has 1 aliphatic rings. The summed E-state index contributed by atoms with van der Waals surface area (Å²) >= 11 is 0. The molecule has 0 spiro atoms. The molecular weight excluding hydrogens is 242 g/mol. The SMILES string of the molecule is CC(C)(C)CC(N)CC(=O)NCCNC(=O)C1CC1. The molecule has 2 amide bonds. The molecule has 0 aromatic rings. The monoisotopic (exact) mass is 269 g/mol. The minimum absolute atomic E-state index is 0.0441. The van der Waals surface area contributed by atoms with Crippen LogP contribution >= 0.6 is 0 Å². The quantitative estimate of drug-likeness (QED) is 0.597. The summed E-state index contributed by atoms with van der Waals surface area (Å²) in [4.78, 5) is 23.0. The zero-order valence-corrected chi connectivity index (χ0v) is 12.3. The van der Waals surface area contributed by atoms with Crippen molar-refractivity contribution in [3.8, 4) is 0 Å². The van der Waals surface area contributed by atoms with E-state index in [-0.39, 0.29) is 29.2 Å². The second-order valence-electron chi connectivity index (χ2n) is 6.64. The van der Waals surface area contributed by atoms with E-state index in [0.717, 1.165) is 19.3 Å². The third-order valence-corrected chi connectivity index (χ3v) is 3.02. The maximum Gasteiger partial charge on any atom is 0.223 e. The molecular formula is C14H27N3O2. The van der Waals surface area contributed by atoms with Gasteiger partial charge in [0.1, 0.15) is 0 Å². The molecule has 1 atom stereocenters. The highest BCUT2D eigenvalue weighted by molar-refractivity contribution is 5.81. The van der Waals surface area contributed by atoms with Gasteiger partial charge in [-0.1, -0.05) is 20.8 Å². The molecule has 1 aliphatic carbocycles. The van der Waals surface area contributed by atoms with E-state index in [1.807, 2.05) is 0 Å². The Hall–Kier alpha value is -1.10. The summed E-state index contributed by atoms with van der Waals surface area (Å²) in [6.07, 6.45) is 3.16. The van der Waals surface area contributed by atoms with Gasteiger partial charge in [-0.15, -0.1) is 0 Å². The smallest absolute Gasteiger partial charge is 0.223 e. The summed E-state index contributed by atoms with van der Waals surface area (Å²) < 4.78 is 0. The van der Waals surface area contributed by atoms with Crippen molar-refractivity contribution in [2.45, 2.75) is 52.5 Å². The summed E-state index contributed by atoms with van der Waals surface area (Å²) in [6, 6.07) is -0.110. The van der Waals surface area contributed by atoms with Crippen LogP contribution in [0.1, 0.15) is 46.5 Å². The van der Waals surface area contributed by atoms with Crippen LogP contribution in [0.2, 0.25) is 0 Å². The Balaban J connectivity index is 2.05. The number of amides is 2. The molecule has 1 fully saturated rings. The molecule has 19 heavy (non-hydrogen) atoms.